The number of amides is 1. The molecule has 2 N–H and O–H groups in total. The van der Waals surface area contributed by atoms with Crippen molar-refractivity contribution < 1.29 is 14.8 Å². The Labute approximate surface area is 193 Å². The number of likely N-dealkylation sites (tertiary alicyclic amines) is 1. The number of carbonyl (C=O) groups excluding carboxylic acids is 1. The van der Waals surface area contributed by atoms with Crippen LogP contribution in [0.15, 0.2) is 48.5 Å². The summed E-state index contributed by atoms with van der Waals surface area (Å²) in [7, 11) is 0. The number of rotatable bonds is 6. The van der Waals surface area contributed by atoms with Crippen molar-refractivity contribution in [2.45, 2.75) is 45.8 Å². The number of benzene rings is 2. The first-order valence-corrected chi connectivity index (χ1v) is 11.1. The van der Waals surface area contributed by atoms with Crippen molar-refractivity contribution in [1.29, 1.82) is 0 Å². The van der Waals surface area contributed by atoms with Gasteiger partial charge in [-0.05, 0) is 36.1 Å². The second-order valence-corrected chi connectivity index (χ2v) is 9.87. The number of hydrogen-bond acceptors (Lipinski definition) is 5. The number of nitrogens with one attached hydrogen (secondary N) is 1. The summed E-state index contributed by atoms with van der Waals surface area (Å²) in [6.07, 6.45) is 0.398. The number of anilines is 1. The van der Waals surface area contributed by atoms with Crippen LogP contribution in [0.4, 0.5) is 11.4 Å². The maximum absolute atomic E-state index is 13.5. The Hall–Kier alpha value is -2.64. The summed E-state index contributed by atoms with van der Waals surface area (Å²) < 4.78 is 0. The number of nitro benzene ring substituents is 1. The normalized spacial score (nSPS) is 21.3. The maximum atomic E-state index is 13.5. The minimum absolute atomic E-state index is 0.0305. The summed E-state index contributed by atoms with van der Waals surface area (Å²) >= 11 is 6.01. The first-order chi connectivity index (χ1) is 14.9. The monoisotopic (exact) mass is 459 g/mol. The molecule has 0 saturated carbocycles. The lowest BCUT2D eigenvalue weighted by molar-refractivity contribution is -0.384. The fourth-order valence-electron chi connectivity index (χ4n) is 4.37. The smallest absolute Gasteiger partial charge is 0.271 e. The number of carbonyl (C=O) groups is 1. The fraction of sp³-hybridized carbons (Fsp3) is 0.458. The van der Waals surface area contributed by atoms with Crippen molar-refractivity contribution in [3.05, 3.63) is 69.2 Å². The van der Waals surface area contributed by atoms with Crippen LogP contribution >= 0.6 is 11.6 Å². The molecule has 0 bridgehead atoms. The van der Waals surface area contributed by atoms with Crippen LogP contribution < -0.4 is 5.32 Å². The van der Waals surface area contributed by atoms with Gasteiger partial charge < -0.3 is 15.3 Å². The van der Waals surface area contributed by atoms with Gasteiger partial charge in [-0.25, -0.2) is 0 Å². The lowest BCUT2D eigenvalue weighted by Gasteiger charge is -2.51. The van der Waals surface area contributed by atoms with Crippen molar-refractivity contribution in [1.82, 2.24) is 4.90 Å². The van der Waals surface area contributed by atoms with E-state index < -0.39 is 22.0 Å². The number of nitro groups is 1. The Morgan fingerprint density at radius 1 is 1.22 bits per heavy atom. The summed E-state index contributed by atoms with van der Waals surface area (Å²) in [5.74, 6) is -0.125. The third-order valence-corrected chi connectivity index (χ3v) is 6.65. The van der Waals surface area contributed by atoms with Gasteiger partial charge in [0.15, 0.2) is 0 Å². The molecule has 2 aromatic carbocycles. The predicted octanol–water partition coefficient (Wildman–Crippen LogP) is 4.83. The first-order valence-electron chi connectivity index (χ1n) is 10.7. The Balaban J connectivity index is 1.80. The molecule has 2 atom stereocenters. The summed E-state index contributed by atoms with van der Waals surface area (Å²) in [6.45, 7) is 8.57. The van der Waals surface area contributed by atoms with E-state index in [-0.39, 0.29) is 17.5 Å². The van der Waals surface area contributed by atoms with Crippen LogP contribution in [0.2, 0.25) is 5.02 Å². The van der Waals surface area contributed by atoms with E-state index in [0.29, 0.717) is 30.2 Å². The largest absolute Gasteiger partial charge is 0.384 e. The van der Waals surface area contributed by atoms with Crippen LogP contribution in [0.1, 0.15) is 39.7 Å². The Morgan fingerprint density at radius 3 is 2.44 bits per heavy atom. The molecule has 0 unspecified atom stereocenters. The molecule has 1 fully saturated rings. The zero-order chi connectivity index (χ0) is 23.7. The van der Waals surface area contributed by atoms with Crippen LogP contribution in [0.5, 0.6) is 0 Å². The van der Waals surface area contributed by atoms with Gasteiger partial charge in [0.1, 0.15) is 6.04 Å². The zero-order valence-electron chi connectivity index (χ0n) is 18.8. The van der Waals surface area contributed by atoms with Crippen molar-refractivity contribution in [3.63, 3.8) is 0 Å². The topological polar surface area (TPSA) is 95.7 Å². The average Bonchev–Trinajstić information content (AvgIpc) is 2.74. The summed E-state index contributed by atoms with van der Waals surface area (Å²) in [5, 5.41) is 26.4. The van der Waals surface area contributed by atoms with Crippen molar-refractivity contribution in [3.8, 4) is 0 Å². The molecule has 32 heavy (non-hydrogen) atoms. The van der Waals surface area contributed by atoms with Crippen LogP contribution in [0.25, 0.3) is 0 Å². The molecule has 2 aromatic rings. The summed E-state index contributed by atoms with van der Waals surface area (Å²) in [5.41, 5.74) is -0.400. The lowest BCUT2D eigenvalue weighted by atomic mass is 9.66. The summed E-state index contributed by atoms with van der Waals surface area (Å²) in [6, 6.07) is 12.8. The van der Waals surface area contributed by atoms with Gasteiger partial charge in [0, 0.05) is 41.3 Å². The molecule has 1 aliphatic heterocycles. The van der Waals surface area contributed by atoms with Gasteiger partial charge in [0.2, 0.25) is 5.91 Å². The summed E-state index contributed by atoms with van der Waals surface area (Å²) in [4.78, 5) is 25.9. The maximum Gasteiger partial charge on any atom is 0.271 e. The highest BCUT2D eigenvalue weighted by Gasteiger charge is 2.50. The van der Waals surface area contributed by atoms with Crippen molar-refractivity contribution in [2.24, 2.45) is 11.3 Å². The minimum atomic E-state index is -1.09. The Morgan fingerprint density at radius 2 is 1.88 bits per heavy atom. The third kappa shape index (κ3) is 4.74. The molecule has 0 aromatic heterocycles. The van der Waals surface area contributed by atoms with Crippen LogP contribution in [-0.2, 0) is 10.4 Å². The molecule has 8 heteroatoms. The molecule has 0 radical (unpaired) electrons. The highest BCUT2D eigenvalue weighted by Crippen LogP contribution is 2.46. The van der Waals surface area contributed by atoms with Gasteiger partial charge in [0.05, 0.1) is 10.5 Å². The second kappa shape index (κ2) is 9.08. The highest BCUT2D eigenvalue weighted by atomic mass is 35.5. The number of nitrogens with zero attached hydrogens (tertiary/aromatic N) is 2. The number of halogens is 1. The molecular formula is C24H30ClN3O4. The predicted molar refractivity (Wildman–Crippen MR) is 126 cm³/mol. The molecule has 7 nitrogen and oxygen atoms in total. The Kier molecular flexibility index (Phi) is 6.81. The van der Waals surface area contributed by atoms with E-state index >= 15 is 0 Å². The standard InChI is InChI=1S/C24H30ClN3O4/c1-16(2)21(26-19-6-5-7-20(14-19)28(31)32)22(29)27-13-12-24(30,23(3,4)15-27)17-8-10-18(25)11-9-17/h5-11,14,16,21,26,30H,12-13,15H2,1-4H3/t21-,24+/m1/s1. The van der Waals surface area contributed by atoms with Crippen LogP contribution in [0.3, 0.4) is 0 Å². The van der Waals surface area contributed by atoms with Gasteiger partial charge in [-0.15, -0.1) is 0 Å². The van der Waals surface area contributed by atoms with E-state index in [2.05, 4.69) is 5.32 Å². The van der Waals surface area contributed by atoms with E-state index in [0.717, 1.165) is 5.56 Å². The van der Waals surface area contributed by atoms with Crippen LogP contribution in [0, 0.1) is 21.4 Å². The Bertz CT molecular complexity index is 993. The number of non-ortho nitro benzene ring substituents is 1. The van der Waals surface area contributed by atoms with E-state index in [1.165, 1.54) is 12.1 Å². The quantitative estimate of drug-likeness (QED) is 0.476. The SMILES string of the molecule is CC(C)[C@@H](Nc1cccc([N+](=O)[O-])c1)C(=O)N1CC[C@](O)(c2ccc(Cl)cc2)C(C)(C)C1. The first kappa shape index (κ1) is 24.0. The average molecular weight is 460 g/mol. The molecule has 0 aliphatic carbocycles. The zero-order valence-corrected chi connectivity index (χ0v) is 19.6. The fourth-order valence-corrected chi connectivity index (χ4v) is 4.50. The number of aliphatic hydroxyl groups is 1. The molecular weight excluding hydrogens is 430 g/mol. The van der Waals surface area contributed by atoms with E-state index in [9.17, 15) is 20.0 Å². The highest BCUT2D eigenvalue weighted by molar-refractivity contribution is 6.30. The molecule has 172 valence electrons. The number of hydrogen-bond donors (Lipinski definition) is 2. The molecule has 0 spiro atoms. The van der Waals surface area contributed by atoms with Gasteiger partial charge in [0.25, 0.3) is 5.69 Å². The van der Waals surface area contributed by atoms with Gasteiger partial charge in [-0.2, -0.15) is 0 Å². The minimum Gasteiger partial charge on any atom is -0.384 e. The van der Waals surface area contributed by atoms with Crippen LogP contribution in [-0.4, -0.2) is 40.0 Å². The molecule has 1 amide bonds. The van der Waals surface area contributed by atoms with Gasteiger partial charge in [-0.1, -0.05) is 57.5 Å². The molecule has 1 saturated heterocycles. The molecule has 1 heterocycles. The molecule has 3 rings (SSSR count). The van der Waals surface area contributed by atoms with E-state index in [1.807, 2.05) is 39.8 Å². The lowest BCUT2D eigenvalue weighted by Crippen LogP contribution is -2.59. The van der Waals surface area contributed by atoms with Crippen molar-refractivity contribution in [2.75, 3.05) is 18.4 Å². The van der Waals surface area contributed by atoms with E-state index in [1.54, 1.807) is 29.2 Å². The third-order valence-electron chi connectivity index (χ3n) is 6.39. The van der Waals surface area contributed by atoms with Gasteiger partial charge in [-0.3, -0.25) is 14.9 Å². The van der Waals surface area contributed by atoms with E-state index in [4.69, 9.17) is 11.6 Å². The van der Waals surface area contributed by atoms with Gasteiger partial charge >= 0.3 is 0 Å². The molecule has 1 aliphatic rings. The van der Waals surface area contributed by atoms with Crippen molar-refractivity contribution >= 4 is 28.9 Å². The second-order valence-electron chi connectivity index (χ2n) is 9.43. The number of piperidine rings is 1.